The number of benzene rings is 1. The molecule has 0 aromatic heterocycles. The van der Waals surface area contributed by atoms with Crippen molar-refractivity contribution in [1.82, 2.24) is 5.32 Å². The zero-order valence-electron chi connectivity index (χ0n) is 11.1. The van der Waals surface area contributed by atoms with Crippen molar-refractivity contribution in [3.05, 3.63) is 35.9 Å². The fraction of sp³-hybridized carbons (Fsp3) is 0.500. The normalized spacial score (nSPS) is 24.4. The van der Waals surface area contributed by atoms with Crippen LogP contribution in [0.5, 0.6) is 0 Å². The average molecular weight is 316 g/mol. The first kappa shape index (κ1) is 15.3. The molecule has 1 aliphatic rings. The van der Waals surface area contributed by atoms with E-state index in [1.54, 1.807) is 0 Å². The third-order valence-corrected chi connectivity index (χ3v) is 5.72. The Morgan fingerprint density at radius 1 is 1.25 bits per heavy atom. The largest absolute Gasteiger partial charge is 0.351 e. The number of rotatable bonds is 5. The Morgan fingerprint density at radius 2 is 1.95 bits per heavy atom. The van der Waals surface area contributed by atoms with Crippen molar-refractivity contribution in [3.8, 4) is 0 Å². The van der Waals surface area contributed by atoms with Gasteiger partial charge in [0.1, 0.15) is 0 Å². The van der Waals surface area contributed by atoms with Crippen molar-refractivity contribution in [1.29, 1.82) is 0 Å². The number of aryl methyl sites for hydroxylation is 1. The first-order chi connectivity index (χ1) is 9.46. The fourth-order valence-corrected chi connectivity index (χ4v) is 4.86. The summed E-state index contributed by atoms with van der Waals surface area (Å²) in [6.07, 6.45) is 1.96. The standard InChI is InChI=1S/C14H18ClNO3S/c15-12-9-20(18,19)10-13(12)16-14(17)8-4-7-11-5-2-1-3-6-11/h1-3,5-6,12-13H,4,7-10H2,(H,16,17)/t12-,13+/m0/s1. The van der Waals surface area contributed by atoms with Crippen LogP contribution >= 0.6 is 11.6 Å². The minimum atomic E-state index is -3.10. The minimum Gasteiger partial charge on any atom is -0.351 e. The summed E-state index contributed by atoms with van der Waals surface area (Å²) in [4.78, 5) is 11.8. The molecule has 1 N–H and O–H groups in total. The van der Waals surface area contributed by atoms with E-state index >= 15 is 0 Å². The van der Waals surface area contributed by atoms with Crippen LogP contribution in [0.15, 0.2) is 30.3 Å². The second-order valence-corrected chi connectivity index (χ2v) is 7.82. The number of amides is 1. The first-order valence-corrected chi connectivity index (χ1v) is 8.90. The Kier molecular flexibility index (Phi) is 5.05. The predicted molar refractivity (Wildman–Crippen MR) is 79.6 cm³/mol. The van der Waals surface area contributed by atoms with Gasteiger partial charge in [-0.3, -0.25) is 4.79 Å². The maximum atomic E-state index is 11.8. The van der Waals surface area contributed by atoms with E-state index in [9.17, 15) is 13.2 Å². The van der Waals surface area contributed by atoms with Crippen LogP contribution in [-0.4, -0.2) is 37.2 Å². The second kappa shape index (κ2) is 6.59. The molecule has 1 aromatic carbocycles. The summed E-state index contributed by atoms with van der Waals surface area (Å²) in [6.45, 7) is 0. The lowest BCUT2D eigenvalue weighted by molar-refractivity contribution is -0.121. The quantitative estimate of drug-likeness (QED) is 0.838. The van der Waals surface area contributed by atoms with Crippen molar-refractivity contribution in [2.45, 2.75) is 30.7 Å². The zero-order chi connectivity index (χ0) is 14.6. The highest BCUT2D eigenvalue weighted by Gasteiger charge is 2.37. The lowest BCUT2D eigenvalue weighted by Gasteiger charge is -2.14. The van der Waals surface area contributed by atoms with Crippen LogP contribution in [0.25, 0.3) is 0 Å². The van der Waals surface area contributed by atoms with E-state index in [0.717, 1.165) is 12.8 Å². The smallest absolute Gasteiger partial charge is 0.220 e. The first-order valence-electron chi connectivity index (χ1n) is 6.64. The monoisotopic (exact) mass is 315 g/mol. The predicted octanol–water partition coefficient (Wildman–Crippen LogP) is 1.53. The molecule has 4 nitrogen and oxygen atoms in total. The summed E-state index contributed by atoms with van der Waals surface area (Å²) < 4.78 is 22.8. The zero-order valence-corrected chi connectivity index (χ0v) is 12.7. The van der Waals surface area contributed by atoms with Gasteiger partial charge in [0.05, 0.1) is 22.9 Å². The summed E-state index contributed by atoms with van der Waals surface area (Å²) in [5, 5.41) is 2.20. The molecular formula is C14H18ClNO3S. The molecule has 1 fully saturated rings. The third kappa shape index (κ3) is 4.49. The topological polar surface area (TPSA) is 63.2 Å². The Hall–Kier alpha value is -1.07. The van der Waals surface area contributed by atoms with Crippen molar-refractivity contribution in [2.75, 3.05) is 11.5 Å². The van der Waals surface area contributed by atoms with Gasteiger partial charge in [0, 0.05) is 6.42 Å². The van der Waals surface area contributed by atoms with Crippen LogP contribution in [0, 0.1) is 0 Å². The Labute approximate surface area is 124 Å². The summed E-state index contributed by atoms with van der Waals surface area (Å²) in [7, 11) is -3.10. The van der Waals surface area contributed by atoms with Crippen LogP contribution in [0.2, 0.25) is 0 Å². The molecule has 0 aliphatic carbocycles. The van der Waals surface area contributed by atoms with E-state index < -0.39 is 21.3 Å². The molecule has 6 heteroatoms. The van der Waals surface area contributed by atoms with E-state index in [1.165, 1.54) is 5.56 Å². The number of sulfone groups is 1. The molecule has 1 heterocycles. The molecule has 1 amide bonds. The van der Waals surface area contributed by atoms with Crippen LogP contribution in [0.3, 0.4) is 0 Å². The molecule has 0 unspecified atom stereocenters. The Morgan fingerprint density at radius 3 is 2.55 bits per heavy atom. The van der Waals surface area contributed by atoms with Crippen molar-refractivity contribution in [2.24, 2.45) is 0 Å². The number of carbonyl (C=O) groups is 1. The molecule has 0 bridgehead atoms. The fourth-order valence-electron chi connectivity index (χ4n) is 2.31. The van der Waals surface area contributed by atoms with Gasteiger partial charge in [-0.15, -0.1) is 11.6 Å². The van der Waals surface area contributed by atoms with Crippen LogP contribution in [-0.2, 0) is 21.1 Å². The van der Waals surface area contributed by atoms with Crippen molar-refractivity contribution in [3.63, 3.8) is 0 Å². The number of alkyl halides is 1. The Balaban J connectivity index is 1.73. The number of hydrogen-bond donors (Lipinski definition) is 1. The van der Waals surface area contributed by atoms with Gasteiger partial charge in [0.15, 0.2) is 9.84 Å². The number of nitrogens with one attached hydrogen (secondary N) is 1. The molecular weight excluding hydrogens is 298 g/mol. The molecule has 0 spiro atoms. The number of hydrogen-bond acceptors (Lipinski definition) is 3. The highest BCUT2D eigenvalue weighted by Crippen LogP contribution is 2.18. The maximum absolute atomic E-state index is 11.8. The van der Waals surface area contributed by atoms with E-state index in [1.807, 2.05) is 30.3 Å². The molecule has 0 radical (unpaired) electrons. The SMILES string of the molecule is O=C(CCCc1ccccc1)N[C@@H]1CS(=O)(=O)C[C@@H]1Cl. The summed E-state index contributed by atoms with van der Waals surface area (Å²) in [5.41, 5.74) is 1.19. The molecule has 1 aromatic rings. The highest BCUT2D eigenvalue weighted by atomic mass is 35.5. The maximum Gasteiger partial charge on any atom is 0.220 e. The van der Waals surface area contributed by atoms with Gasteiger partial charge in [0.25, 0.3) is 0 Å². The van der Waals surface area contributed by atoms with Gasteiger partial charge in [-0.2, -0.15) is 0 Å². The van der Waals surface area contributed by atoms with E-state index in [-0.39, 0.29) is 17.4 Å². The number of halogens is 1. The molecule has 20 heavy (non-hydrogen) atoms. The average Bonchev–Trinajstić information content (AvgIpc) is 2.63. The van der Waals surface area contributed by atoms with Crippen LogP contribution < -0.4 is 5.32 Å². The lowest BCUT2D eigenvalue weighted by Crippen LogP contribution is -2.40. The van der Waals surface area contributed by atoms with Crippen molar-refractivity contribution >= 4 is 27.3 Å². The molecule has 2 atom stereocenters. The van der Waals surface area contributed by atoms with Crippen molar-refractivity contribution < 1.29 is 13.2 Å². The number of carbonyl (C=O) groups excluding carboxylic acids is 1. The van der Waals surface area contributed by atoms with E-state index in [4.69, 9.17) is 11.6 Å². The molecule has 1 saturated heterocycles. The van der Waals surface area contributed by atoms with Gasteiger partial charge in [0.2, 0.25) is 5.91 Å². The highest BCUT2D eigenvalue weighted by molar-refractivity contribution is 7.91. The van der Waals surface area contributed by atoms with Gasteiger partial charge in [-0.1, -0.05) is 30.3 Å². The second-order valence-electron chi connectivity index (χ2n) is 5.11. The summed E-state index contributed by atoms with van der Waals surface area (Å²) in [6, 6.07) is 9.49. The molecule has 1 aliphatic heterocycles. The molecule has 0 saturated carbocycles. The van der Waals surface area contributed by atoms with Gasteiger partial charge >= 0.3 is 0 Å². The van der Waals surface area contributed by atoms with E-state index in [0.29, 0.717) is 6.42 Å². The molecule has 110 valence electrons. The van der Waals surface area contributed by atoms with Gasteiger partial charge in [-0.25, -0.2) is 8.42 Å². The summed E-state index contributed by atoms with van der Waals surface area (Å²) >= 11 is 5.94. The third-order valence-electron chi connectivity index (χ3n) is 3.34. The minimum absolute atomic E-state index is 0.0500. The van der Waals surface area contributed by atoms with Gasteiger partial charge < -0.3 is 5.32 Å². The van der Waals surface area contributed by atoms with E-state index in [2.05, 4.69) is 5.32 Å². The van der Waals surface area contributed by atoms with Crippen LogP contribution in [0.1, 0.15) is 18.4 Å². The van der Waals surface area contributed by atoms with Gasteiger partial charge in [-0.05, 0) is 18.4 Å². The Bertz CT molecular complexity index is 559. The summed E-state index contributed by atoms with van der Waals surface area (Å²) in [5.74, 6) is -0.233. The van der Waals surface area contributed by atoms with Crippen LogP contribution in [0.4, 0.5) is 0 Å². The lowest BCUT2D eigenvalue weighted by atomic mass is 10.1. The molecule has 2 rings (SSSR count).